The van der Waals surface area contributed by atoms with Crippen molar-refractivity contribution in [2.75, 3.05) is 26.4 Å². The maximum absolute atomic E-state index is 10.9. The summed E-state index contributed by atoms with van der Waals surface area (Å²) in [6.45, 7) is 5.71. The highest BCUT2D eigenvalue weighted by Gasteiger charge is 2.00. The molecule has 0 saturated carbocycles. The fraction of sp³-hybridized carbons (Fsp3) is 0.889. The predicted octanol–water partition coefficient (Wildman–Crippen LogP) is 1.41. The van der Waals surface area contributed by atoms with E-state index in [1.165, 1.54) is 0 Å². The lowest BCUT2D eigenvalue weighted by atomic mass is 10.4. The third-order valence-corrected chi connectivity index (χ3v) is 1.22. The van der Waals surface area contributed by atoms with E-state index >= 15 is 0 Å². The third kappa shape index (κ3) is 7.69. The van der Waals surface area contributed by atoms with E-state index in [1.54, 1.807) is 0 Å². The average molecular weight is 174 g/mol. The van der Waals surface area contributed by atoms with E-state index in [4.69, 9.17) is 9.47 Å². The summed E-state index contributed by atoms with van der Waals surface area (Å²) in [6, 6.07) is 0. The van der Waals surface area contributed by atoms with E-state index in [2.05, 4.69) is 0 Å². The van der Waals surface area contributed by atoms with Crippen LogP contribution in [-0.4, -0.2) is 32.2 Å². The first-order chi connectivity index (χ1) is 5.81. The molecular formula is C9H18O3. The Morgan fingerprint density at radius 2 is 1.42 bits per heavy atom. The van der Waals surface area contributed by atoms with Gasteiger partial charge in [-0.25, -0.2) is 0 Å². The van der Waals surface area contributed by atoms with E-state index in [9.17, 15) is 4.79 Å². The number of carbonyl (C=O) groups excluding carboxylic acids is 1. The summed E-state index contributed by atoms with van der Waals surface area (Å²) in [6.07, 6.45) is 1.90. The monoisotopic (exact) mass is 174 g/mol. The molecule has 72 valence electrons. The number of Topliss-reactive ketones (excluding diaryl/α,β-unsaturated/α-hetero) is 1. The molecule has 0 unspecified atom stereocenters. The van der Waals surface area contributed by atoms with Crippen LogP contribution in [0.5, 0.6) is 0 Å². The fourth-order valence-corrected chi connectivity index (χ4v) is 0.702. The van der Waals surface area contributed by atoms with Crippen molar-refractivity contribution in [3.05, 3.63) is 0 Å². The molecule has 3 nitrogen and oxygen atoms in total. The van der Waals surface area contributed by atoms with Crippen LogP contribution in [0.15, 0.2) is 0 Å². The third-order valence-electron chi connectivity index (χ3n) is 1.22. The summed E-state index contributed by atoms with van der Waals surface area (Å²) in [4.78, 5) is 10.9. The van der Waals surface area contributed by atoms with Crippen LogP contribution in [0.3, 0.4) is 0 Å². The number of carbonyl (C=O) groups is 1. The second kappa shape index (κ2) is 8.68. The van der Waals surface area contributed by atoms with Crippen molar-refractivity contribution in [1.82, 2.24) is 0 Å². The van der Waals surface area contributed by atoms with Gasteiger partial charge < -0.3 is 9.47 Å². The number of hydrogen-bond donors (Lipinski definition) is 0. The largest absolute Gasteiger partial charge is 0.374 e. The van der Waals surface area contributed by atoms with Gasteiger partial charge in [-0.3, -0.25) is 4.79 Å². The van der Waals surface area contributed by atoms with Gasteiger partial charge in [0, 0.05) is 13.2 Å². The minimum Gasteiger partial charge on any atom is -0.374 e. The summed E-state index contributed by atoms with van der Waals surface area (Å²) in [5.41, 5.74) is 0. The molecule has 0 aliphatic carbocycles. The maximum atomic E-state index is 10.9. The summed E-state index contributed by atoms with van der Waals surface area (Å²) >= 11 is 0. The summed E-state index contributed by atoms with van der Waals surface area (Å²) in [5.74, 6) is 0.0249. The van der Waals surface area contributed by atoms with Crippen LogP contribution in [0.1, 0.15) is 26.7 Å². The van der Waals surface area contributed by atoms with Gasteiger partial charge in [0.1, 0.15) is 13.2 Å². The molecule has 0 saturated heterocycles. The van der Waals surface area contributed by atoms with Crippen LogP contribution in [0, 0.1) is 0 Å². The van der Waals surface area contributed by atoms with Gasteiger partial charge in [0.25, 0.3) is 0 Å². The van der Waals surface area contributed by atoms with Crippen molar-refractivity contribution in [2.24, 2.45) is 0 Å². The summed E-state index contributed by atoms with van der Waals surface area (Å²) in [5, 5.41) is 0. The first-order valence-corrected chi connectivity index (χ1v) is 4.48. The van der Waals surface area contributed by atoms with Gasteiger partial charge >= 0.3 is 0 Å². The van der Waals surface area contributed by atoms with Gasteiger partial charge in [-0.05, 0) is 12.8 Å². The topological polar surface area (TPSA) is 35.5 Å². The second-order valence-corrected chi connectivity index (χ2v) is 2.64. The highest BCUT2D eigenvalue weighted by molar-refractivity contribution is 5.80. The van der Waals surface area contributed by atoms with E-state index < -0.39 is 0 Å². The second-order valence-electron chi connectivity index (χ2n) is 2.64. The molecule has 0 rings (SSSR count). The Bertz CT molecular complexity index is 100. The molecule has 0 heterocycles. The Labute approximate surface area is 74.0 Å². The lowest BCUT2D eigenvalue weighted by Gasteiger charge is -2.02. The molecule has 0 aliphatic heterocycles. The van der Waals surface area contributed by atoms with Crippen molar-refractivity contribution >= 4 is 5.78 Å². The molecule has 0 atom stereocenters. The fourth-order valence-electron chi connectivity index (χ4n) is 0.702. The molecule has 0 bridgehead atoms. The normalized spacial score (nSPS) is 10.2. The SMILES string of the molecule is CCCOCC(=O)COCCC. The number of ether oxygens (including phenoxy) is 2. The Morgan fingerprint density at radius 1 is 1.00 bits per heavy atom. The molecule has 0 aromatic rings. The minimum absolute atomic E-state index is 0.0249. The minimum atomic E-state index is 0.0249. The Hall–Kier alpha value is -0.410. The number of hydrogen-bond acceptors (Lipinski definition) is 3. The van der Waals surface area contributed by atoms with Gasteiger partial charge in [-0.15, -0.1) is 0 Å². The molecule has 0 amide bonds. The van der Waals surface area contributed by atoms with E-state index in [0.717, 1.165) is 12.8 Å². The van der Waals surface area contributed by atoms with E-state index in [0.29, 0.717) is 13.2 Å². The van der Waals surface area contributed by atoms with Crippen LogP contribution < -0.4 is 0 Å². The predicted molar refractivity (Wildman–Crippen MR) is 47.2 cm³/mol. The van der Waals surface area contributed by atoms with Crippen molar-refractivity contribution in [3.63, 3.8) is 0 Å². The molecule has 0 spiro atoms. The Kier molecular flexibility index (Phi) is 8.39. The first-order valence-electron chi connectivity index (χ1n) is 4.48. The first kappa shape index (κ1) is 11.6. The quantitative estimate of drug-likeness (QED) is 0.522. The van der Waals surface area contributed by atoms with Crippen LogP contribution in [-0.2, 0) is 14.3 Å². The van der Waals surface area contributed by atoms with Crippen molar-refractivity contribution < 1.29 is 14.3 Å². The van der Waals surface area contributed by atoms with Crippen LogP contribution in [0.25, 0.3) is 0 Å². The lowest BCUT2D eigenvalue weighted by molar-refractivity contribution is -0.128. The Balaban J connectivity index is 3.10. The zero-order valence-corrected chi connectivity index (χ0v) is 7.97. The van der Waals surface area contributed by atoms with Crippen molar-refractivity contribution in [2.45, 2.75) is 26.7 Å². The summed E-state index contributed by atoms with van der Waals surface area (Å²) < 4.78 is 10.1. The van der Waals surface area contributed by atoms with Crippen LogP contribution >= 0.6 is 0 Å². The molecule has 12 heavy (non-hydrogen) atoms. The zero-order valence-electron chi connectivity index (χ0n) is 7.97. The zero-order chi connectivity index (χ0) is 9.23. The van der Waals surface area contributed by atoms with Gasteiger partial charge in [-0.2, -0.15) is 0 Å². The highest BCUT2D eigenvalue weighted by atomic mass is 16.5. The van der Waals surface area contributed by atoms with Crippen molar-refractivity contribution in [3.8, 4) is 0 Å². The van der Waals surface area contributed by atoms with E-state index in [-0.39, 0.29) is 19.0 Å². The van der Waals surface area contributed by atoms with Gasteiger partial charge in [0.05, 0.1) is 0 Å². The Morgan fingerprint density at radius 3 is 1.75 bits per heavy atom. The molecular weight excluding hydrogens is 156 g/mol. The lowest BCUT2D eigenvalue weighted by Crippen LogP contribution is -2.15. The molecule has 0 aromatic carbocycles. The van der Waals surface area contributed by atoms with Gasteiger partial charge in [0.2, 0.25) is 0 Å². The van der Waals surface area contributed by atoms with Gasteiger partial charge in [0.15, 0.2) is 5.78 Å². The molecule has 0 aliphatic rings. The van der Waals surface area contributed by atoms with Crippen LogP contribution in [0.2, 0.25) is 0 Å². The smallest absolute Gasteiger partial charge is 0.183 e. The molecule has 0 radical (unpaired) electrons. The van der Waals surface area contributed by atoms with Crippen LogP contribution in [0.4, 0.5) is 0 Å². The summed E-state index contributed by atoms with van der Waals surface area (Å²) in [7, 11) is 0. The molecule has 3 heteroatoms. The number of ketones is 1. The molecule has 0 fully saturated rings. The van der Waals surface area contributed by atoms with Crippen molar-refractivity contribution in [1.29, 1.82) is 0 Å². The number of rotatable bonds is 8. The standard InChI is InChI=1S/C9H18O3/c1-3-5-11-7-9(10)8-12-6-4-2/h3-8H2,1-2H3. The van der Waals surface area contributed by atoms with E-state index in [1.807, 2.05) is 13.8 Å². The van der Waals surface area contributed by atoms with Gasteiger partial charge in [-0.1, -0.05) is 13.8 Å². The average Bonchev–Trinajstić information content (AvgIpc) is 2.06. The maximum Gasteiger partial charge on any atom is 0.183 e. The molecule has 0 aromatic heterocycles. The molecule has 0 N–H and O–H groups in total. The highest BCUT2D eigenvalue weighted by Crippen LogP contribution is 1.85.